The Labute approximate surface area is 114 Å². The van der Waals surface area contributed by atoms with Crippen LogP contribution in [0.25, 0.3) is 11.1 Å². The Balaban J connectivity index is 1.96. The van der Waals surface area contributed by atoms with Gasteiger partial charge in [0.1, 0.15) is 10.5 Å². The van der Waals surface area contributed by atoms with Crippen LogP contribution in [-0.2, 0) is 0 Å². The summed E-state index contributed by atoms with van der Waals surface area (Å²) in [6, 6.07) is 7.69. The van der Waals surface area contributed by atoms with E-state index in [-0.39, 0.29) is 0 Å². The maximum atomic E-state index is 5.67. The van der Waals surface area contributed by atoms with Gasteiger partial charge in [-0.15, -0.1) is 0 Å². The second kappa shape index (κ2) is 4.89. The number of aryl methyl sites for hydroxylation is 1. The third-order valence-electron chi connectivity index (χ3n) is 2.61. The monoisotopic (exact) mass is 272 g/mol. The first-order valence-electron chi connectivity index (χ1n) is 5.81. The fourth-order valence-electron chi connectivity index (χ4n) is 1.63. The van der Waals surface area contributed by atoms with Crippen LogP contribution in [0.3, 0.4) is 0 Å². The Morgan fingerprint density at radius 3 is 2.84 bits per heavy atom. The second-order valence-corrected chi connectivity index (χ2v) is 4.92. The van der Waals surface area contributed by atoms with Gasteiger partial charge in [-0.25, -0.2) is 15.0 Å². The lowest BCUT2D eigenvalue weighted by atomic mass is 10.3. The number of anilines is 1. The second-order valence-electron chi connectivity index (χ2n) is 3.98. The normalized spacial score (nSPS) is 10.8. The van der Waals surface area contributed by atoms with Gasteiger partial charge >= 0.3 is 0 Å². The van der Waals surface area contributed by atoms with Gasteiger partial charge in [-0.1, -0.05) is 12.1 Å². The predicted octanol–water partition coefficient (Wildman–Crippen LogP) is 3.12. The summed E-state index contributed by atoms with van der Waals surface area (Å²) in [4.78, 5) is 13.0. The molecule has 0 fully saturated rings. The van der Waals surface area contributed by atoms with Crippen LogP contribution in [0.15, 0.2) is 45.1 Å². The minimum absolute atomic E-state index is 0.587. The van der Waals surface area contributed by atoms with E-state index < -0.39 is 0 Å². The fraction of sp³-hybridized carbons (Fsp3) is 0.154. The van der Waals surface area contributed by atoms with Crippen molar-refractivity contribution in [1.82, 2.24) is 15.0 Å². The SMILES string of the molecule is CNc1ncc(C)c(Sc2nc3ccccc3o2)n1. The van der Waals surface area contributed by atoms with Crippen LogP contribution < -0.4 is 5.32 Å². The molecule has 0 aliphatic carbocycles. The van der Waals surface area contributed by atoms with Crippen LogP contribution in [0.5, 0.6) is 0 Å². The summed E-state index contributed by atoms with van der Waals surface area (Å²) in [6.07, 6.45) is 1.78. The van der Waals surface area contributed by atoms with Crippen LogP contribution in [0.1, 0.15) is 5.56 Å². The Bertz CT molecular complexity index is 692. The van der Waals surface area contributed by atoms with Gasteiger partial charge in [0.25, 0.3) is 5.22 Å². The number of nitrogens with one attached hydrogen (secondary N) is 1. The molecule has 0 spiro atoms. The summed E-state index contributed by atoms with van der Waals surface area (Å²) in [6.45, 7) is 1.96. The lowest BCUT2D eigenvalue weighted by molar-refractivity contribution is 0.489. The smallest absolute Gasteiger partial charge is 0.263 e. The number of nitrogens with zero attached hydrogens (tertiary/aromatic N) is 3. The fourth-order valence-corrected chi connectivity index (χ4v) is 2.41. The first-order chi connectivity index (χ1) is 9.26. The molecule has 19 heavy (non-hydrogen) atoms. The molecule has 0 saturated carbocycles. The molecule has 1 aromatic carbocycles. The zero-order valence-electron chi connectivity index (χ0n) is 10.5. The molecule has 3 rings (SSSR count). The first-order valence-corrected chi connectivity index (χ1v) is 6.63. The van der Waals surface area contributed by atoms with E-state index in [0.29, 0.717) is 11.2 Å². The molecule has 3 aromatic rings. The van der Waals surface area contributed by atoms with Crippen LogP contribution in [-0.4, -0.2) is 22.0 Å². The molecule has 0 atom stereocenters. The van der Waals surface area contributed by atoms with Crippen molar-refractivity contribution in [3.63, 3.8) is 0 Å². The zero-order chi connectivity index (χ0) is 13.2. The van der Waals surface area contributed by atoms with Gasteiger partial charge in [0, 0.05) is 18.8 Å². The average molecular weight is 272 g/mol. The zero-order valence-corrected chi connectivity index (χ0v) is 11.4. The van der Waals surface area contributed by atoms with Gasteiger partial charge in [-0.2, -0.15) is 0 Å². The number of fused-ring (bicyclic) bond motifs is 1. The van der Waals surface area contributed by atoms with Crippen molar-refractivity contribution in [1.29, 1.82) is 0 Å². The highest BCUT2D eigenvalue weighted by Crippen LogP contribution is 2.30. The van der Waals surface area contributed by atoms with Crippen molar-refractivity contribution in [2.24, 2.45) is 0 Å². The molecule has 0 bridgehead atoms. The maximum absolute atomic E-state index is 5.67. The number of hydrogen-bond donors (Lipinski definition) is 1. The molecule has 2 aromatic heterocycles. The van der Waals surface area contributed by atoms with Crippen LogP contribution in [0.4, 0.5) is 5.95 Å². The number of aromatic nitrogens is 3. The summed E-state index contributed by atoms with van der Waals surface area (Å²) < 4.78 is 5.67. The van der Waals surface area contributed by atoms with E-state index in [2.05, 4.69) is 20.3 Å². The summed E-state index contributed by atoms with van der Waals surface area (Å²) in [7, 11) is 1.79. The summed E-state index contributed by atoms with van der Waals surface area (Å²) in [5.74, 6) is 0.587. The number of oxazole rings is 1. The minimum atomic E-state index is 0.587. The molecular formula is C13H12N4OS. The summed E-state index contributed by atoms with van der Waals surface area (Å²) in [5, 5.41) is 4.35. The number of hydrogen-bond acceptors (Lipinski definition) is 6. The maximum Gasteiger partial charge on any atom is 0.263 e. The molecule has 0 radical (unpaired) electrons. The lowest BCUT2D eigenvalue weighted by Crippen LogP contribution is -1.98. The van der Waals surface area contributed by atoms with Crippen molar-refractivity contribution in [2.75, 3.05) is 12.4 Å². The van der Waals surface area contributed by atoms with E-state index in [1.165, 1.54) is 11.8 Å². The highest BCUT2D eigenvalue weighted by atomic mass is 32.2. The quantitative estimate of drug-likeness (QED) is 0.739. The highest BCUT2D eigenvalue weighted by Gasteiger charge is 2.11. The molecule has 0 aliphatic heterocycles. The van der Waals surface area contributed by atoms with E-state index in [1.807, 2.05) is 31.2 Å². The molecular weight excluding hydrogens is 260 g/mol. The molecule has 0 aliphatic rings. The van der Waals surface area contributed by atoms with Gasteiger partial charge in [0.2, 0.25) is 5.95 Å². The molecule has 96 valence electrons. The van der Waals surface area contributed by atoms with E-state index in [9.17, 15) is 0 Å². The average Bonchev–Trinajstić information content (AvgIpc) is 2.83. The van der Waals surface area contributed by atoms with Gasteiger partial charge in [0.05, 0.1) is 0 Å². The van der Waals surface area contributed by atoms with E-state index in [4.69, 9.17) is 4.42 Å². The van der Waals surface area contributed by atoms with Gasteiger partial charge in [-0.05, 0) is 30.8 Å². The molecule has 2 heterocycles. The number of benzene rings is 1. The first kappa shape index (κ1) is 12.0. The molecule has 0 amide bonds. The van der Waals surface area contributed by atoms with Gasteiger partial charge < -0.3 is 9.73 Å². The van der Waals surface area contributed by atoms with Crippen LogP contribution >= 0.6 is 11.8 Å². The van der Waals surface area contributed by atoms with Crippen molar-refractivity contribution in [3.05, 3.63) is 36.0 Å². The van der Waals surface area contributed by atoms with E-state index in [0.717, 1.165) is 21.7 Å². The van der Waals surface area contributed by atoms with Gasteiger partial charge in [-0.3, -0.25) is 0 Å². The Morgan fingerprint density at radius 1 is 1.21 bits per heavy atom. The van der Waals surface area contributed by atoms with E-state index >= 15 is 0 Å². The minimum Gasteiger partial charge on any atom is -0.431 e. The standard InChI is InChI=1S/C13H12N4OS/c1-8-7-15-12(14-2)17-11(8)19-13-16-9-5-3-4-6-10(9)18-13/h3-7H,1-2H3,(H,14,15,17). The Hall–Kier alpha value is -2.08. The number of para-hydroxylation sites is 2. The highest BCUT2D eigenvalue weighted by molar-refractivity contribution is 7.99. The van der Waals surface area contributed by atoms with Gasteiger partial charge in [0.15, 0.2) is 5.58 Å². The lowest BCUT2D eigenvalue weighted by Gasteiger charge is -2.03. The van der Waals surface area contributed by atoms with E-state index in [1.54, 1.807) is 13.2 Å². The Morgan fingerprint density at radius 2 is 2.05 bits per heavy atom. The van der Waals surface area contributed by atoms with Crippen molar-refractivity contribution in [2.45, 2.75) is 17.2 Å². The summed E-state index contributed by atoms with van der Waals surface area (Å²) >= 11 is 1.40. The van der Waals surface area contributed by atoms with Crippen LogP contribution in [0.2, 0.25) is 0 Å². The van der Waals surface area contributed by atoms with Crippen molar-refractivity contribution in [3.8, 4) is 0 Å². The van der Waals surface area contributed by atoms with Crippen molar-refractivity contribution < 1.29 is 4.42 Å². The third kappa shape index (κ3) is 2.39. The predicted molar refractivity (Wildman–Crippen MR) is 74.4 cm³/mol. The van der Waals surface area contributed by atoms with Crippen molar-refractivity contribution >= 4 is 28.8 Å². The summed E-state index contributed by atoms with van der Waals surface area (Å²) in [5.41, 5.74) is 2.63. The largest absolute Gasteiger partial charge is 0.431 e. The Kier molecular flexibility index (Phi) is 3.08. The topological polar surface area (TPSA) is 63.8 Å². The number of rotatable bonds is 3. The molecule has 0 unspecified atom stereocenters. The molecule has 1 N–H and O–H groups in total. The molecule has 6 heteroatoms. The van der Waals surface area contributed by atoms with Crippen LogP contribution in [0, 0.1) is 6.92 Å². The third-order valence-corrected chi connectivity index (χ3v) is 3.56. The molecule has 0 saturated heterocycles. The molecule has 5 nitrogen and oxygen atoms in total.